The van der Waals surface area contributed by atoms with Crippen molar-refractivity contribution >= 4 is 53.1 Å². The summed E-state index contributed by atoms with van der Waals surface area (Å²) in [5, 5.41) is 10.2. The van der Waals surface area contributed by atoms with E-state index in [1.807, 2.05) is 0 Å². The molecule has 0 aliphatic carbocycles. The molecule has 0 saturated carbocycles. The van der Waals surface area contributed by atoms with Gasteiger partial charge >= 0.3 is 5.69 Å². The fraction of sp³-hybridized carbons (Fsp3) is 0. The predicted octanol–water partition coefficient (Wildman–Crippen LogP) is 3.84. The van der Waals surface area contributed by atoms with Gasteiger partial charge in [0, 0.05) is 4.90 Å². The van der Waals surface area contributed by atoms with Crippen LogP contribution in [0, 0.1) is 10.1 Å². The van der Waals surface area contributed by atoms with Crippen LogP contribution >= 0.6 is 47.4 Å². The van der Waals surface area contributed by atoms with Crippen molar-refractivity contribution in [2.75, 3.05) is 0 Å². The molecule has 0 radical (unpaired) electrons. The highest BCUT2D eigenvalue weighted by molar-refractivity contribution is 7.80. The van der Waals surface area contributed by atoms with Crippen molar-refractivity contribution in [3.8, 4) is 0 Å². The molecular formula is C6H2Cl3NO2S. The van der Waals surface area contributed by atoms with Crippen LogP contribution in [0.5, 0.6) is 0 Å². The second-order valence-corrected chi connectivity index (χ2v) is 3.76. The van der Waals surface area contributed by atoms with Gasteiger partial charge in [0.1, 0.15) is 10.0 Å². The molecule has 0 N–H and O–H groups in total. The molecule has 0 atom stereocenters. The lowest BCUT2D eigenvalue weighted by molar-refractivity contribution is -0.384. The van der Waals surface area contributed by atoms with Gasteiger partial charge in [-0.2, -0.15) is 0 Å². The summed E-state index contributed by atoms with van der Waals surface area (Å²) in [5.41, 5.74) is -0.397. The normalized spacial score (nSPS) is 10.2. The summed E-state index contributed by atoms with van der Waals surface area (Å²) in [6.07, 6.45) is 0. The van der Waals surface area contributed by atoms with Crippen molar-refractivity contribution in [2.45, 2.75) is 4.90 Å². The third kappa shape index (κ3) is 2.02. The smallest absolute Gasteiger partial charge is 0.258 e. The zero-order valence-corrected chi connectivity index (χ0v) is 9.08. The van der Waals surface area contributed by atoms with E-state index in [1.54, 1.807) is 0 Å². The van der Waals surface area contributed by atoms with Crippen molar-refractivity contribution in [3.05, 3.63) is 31.2 Å². The molecule has 0 aliphatic heterocycles. The highest BCUT2D eigenvalue weighted by atomic mass is 35.5. The molecule has 0 heterocycles. The quantitative estimate of drug-likeness (QED) is 0.360. The lowest BCUT2D eigenvalue weighted by Crippen LogP contribution is -1.91. The maximum Gasteiger partial charge on any atom is 0.307 e. The van der Waals surface area contributed by atoms with Crippen molar-refractivity contribution < 1.29 is 4.92 Å². The first kappa shape index (κ1) is 10.9. The van der Waals surface area contributed by atoms with Crippen molar-refractivity contribution in [2.24, 2.45) is 0 Å². The highest BCUT2D eigenvalue weighted by Gasteiger charge is 2.22. The Balaban J connectivity index is 3.53. The summed E-state index contributed by atoms with van der Waals surface area (Å²) in [5.74, 6) is 0. The van der Waals surface area contributed by atoms with Crippen LogP contribution in [-0.4, -0.2) is 4.92 Å². The molecule has 0 fully saturated rings. The first-order valence-electron chi connectivity index (χ1n) is 2.96. The lowest BCUT2D eigenvalue weighted by atomic mass is 10.3. The molecule has 0 amide bonds. The van der Waals surface area contributed by atoms with Gasteiger partial charge < -0.3 is 0 Å². The van der Waals surface area contributed by atoms with E-state index in [2.05, 4.69) is 12.6 Å². The summed E-state index contributed by atoms with van der Waals surface area (Å²) < 4.78 is 0. The van der Waals surface area contributed by atoms with Crippen LogP contribution in [0.2, 0.25) is 15.1 Å². The Bertz CT molecular complexity index is 383. The van der Waals surface area contributed by atoms with Crippen LogP contribution in [0.3, 0.4) is 0 Å². The molecule has 1 aromatic rings. The Kier molecular flexibility index (Phi) is 3.29. The Labute approximate surface area is 94.1 Å². The molecule has 70 valence electrons. The average molecular weight is 259 g/mol. The number of benzene rings is 1. The number of nitro benzene ring substituents is 1. The van der Waals surface area contributed by atoms with E-state index in [1.165, 1.54) is 6.07 Å². The maximum absolute atomic E-state index is 10.5. The SMILES string of the molecule is O=[N+]([O-])c1c(Cl)cc(S)c(Cl)c1Cl. The average Bonchev–Trinajstić information content (AvgIpc) is 1.99. The number of rotatable bonds is 1. The van der Waals surface area contributed by atoms with Crippen LogP contribution in [0.15, 0.2) is 11.0 Å². The Morgan fingerprint density at radius 1 is 1.31 bits per heavy atom. The standard InChI is InChI=1S/C6H2Cl3NO2S/c7-2-1-3(13)4(8)5(9)6(2)10(11)12/h1,13H. The fourth-order valence-electron chi connectivity index (χ4n) is 0.740. The maximum atomic E-state index is 10.5. The molecule has 3 nitrogen and oxygen atoms in total. The molecule has 1 rings (SSSR count). The summed E-state index contributed by atoms with van der Waals surface area (Å²) in [4.78, 5) is 10.1. The van der Waals surface area contributed by atoms with Crippen molar-refractivity contribution in [1.82, 2.24) is 0 Å². The van der Waals surface area contributed by atoms with Gasteiger partial charge in [0.05, 0.1) is 9.95 Å². The van der Waals surface area contributed by atoms with Crippen molar-refractivity contribution in [1.29, 1.82) is 0 Å². The molecule has 7 heteroatoms. The van der Waals surface area contributed by atoms with E-state index in [0.29, 0.717) is 4.90 Å². The minimum absolute atomic E-state index is 0.0288. The molecule has 0 unspecified atom stereocenters. The van der Waals surface area contributed by atoms with Gasteiger partial charge in [-0.3, -0.25) is 10.1 Å². The number of hydrogen-bond acceptors (Lipinski definition) is 3. The molecule has 0 bridgehead atoms. The highest BCUT2D eigenvalue weighted by Crippen LogP contribution is 2.41. The summed E-state index contributed by atoms with van der Waals surface area (Å²) in [6, 6.07) is 1.27. The first-order valence-corrected chi connectivity index (χ1v) is 4.54. The van der Waals surface area contributed by atoms with E-state index in [0.717, 1.165) is 0 Å². The van der Waals surface area contributed by atoms with Gasteiger partial charge in [0.25, 0.3) is 0 Å². The van der Waals surface area contributed by atoms with Gasteiger partial charge in [0.15, 0.2) is 0 Å². The number of nitro groups is 1. The Morgan fingerprint density at radius 3 is 2.31 bits per heavy atom. The minimum atomic E-state index is -0.691. The number of halogens is 3. The van der Waals surface area contributed by atoms with Crippen LogP contribution in [0.25, 0.3) is 0 Å². The molecular weight excluding hydrogens is 256 g/mol. The van der Waals surface area contributed by atoms with Crippen LogP contribution in [-0.2, 0) is 0 Å². The first-order chi connectivity index (χ1) is 5.95. The van der Waals surface area contributed by atoms with Crippen LogP contribution in [0.4, 0.5) is 5.69 Å². The summed E-state index contributed by atoms with van der Waals surface area (Å²) in [7, 11) is 0. The van der Waals surface area contributed by atoms with E-state index in [4.69, 9.17) is 34.8 Å². The zero-order chi connectivity index (χ0) is 10.2. The summed E-state index contributed by atoms with van der Waals surface area (Å²) >= 11 is 20.7. The van der Waals surface area contributed by atoms with Gasteiger partial charge in [-0.05, 0) is 6.07 Å². The minimum Gasteiger partial charge on any atom is -0.258 e. The lowest BCUT2D eigenvalue weighted by Gasteiger charge is -2.02. The molecule has 0 saturated heterocycles. The third-order valence-corrected chi connectivity index (χ3v) is 2.93. The van der Waals surface area contributed by atoms with Crippen LogP contribution < -0.4 is 0 Å². The second kappa shape index (κ2) is 3.92. The molecule has 0 aliphatic rings. The zero-order valence-electron chi connectivity index (χ0n) is 5.92. The molecule has 13 heavy (non-hydrogen) atoms. The monoisotopic (exact) mass is 257 g/mol. The number of hydrogen-bond donors (Lipinski definition) is 1. The predicted molar refractivity (Wildman–Crippen MR) is 55.4 cm³/mol. The van der Waals surface area contributed by atoms with Gasteiger partial charge in [-0.15, -0.1) is 12.6 Å². The largest absolute Gasteiger partial charge is 0.307 e. The number of thiol groups is 1. The Hall–Kier alpha value is -0.160. The van der Waals surface area contributed by atoms with E-state index >= 15 is 0 Å². The topological polar surface area (TPSA) is 43.1 Å². The van der Waals surface area contributed by atoms with Crippen molar-refractivity contribution in [3.63, 3.8) is 0 Å². The van der Waals surface area contributed by atoms with Gasteiger partial charge in [-0.25, -0.2) is 0 Å². The molecule has 1 aromatic carbocycles. The summed E-state index contributed by atoms with van der Waals surface area (Å²) in [6.45, 7) is 0. The number of nitrogens with zero attached hydrogens (tertiary/aromatic N) is 1. The molecule has 0 aromatic heterocycles. The van der Waals surface area contributed by atoms with E-state index in [-0.39, 0.29) is 15.1 Å². The van der Waals surface area contributed by atoms with E-state index in [9.17, 15) is 10.1 Å². The van der Waals surface area contributed by atoms with Crippen LogP contribution in [0.1, 0.15) is 0 Å². The van der Waals surface area contributed by atoms with Gasteiger partial charge in [-0.1, -0.05) is 34.8 Å². The fourth-order valence-corrected chi connectivity index (χ4v) is 1.86. The third-order valence-electron chi connectivity index (χ3n) is 1.30. The van der Waals surface area contributed by atoms with E-state index < -0.39 is 10.6 Å². The Morgan fingerprint density at radius 2 is 1.85 bits per heavy atom. The molecule has 0 spiro atoms. The van der Waals surface area contributed by atoms with Gasteiger partial charge in [0.2, 0.25) is 0 Å². The second-order valence-electron chi connectivity index (χ2n) is 2.11.